The first-order chi connectivity index (χ1) is 9.92. The lowest BCUT2D eigenvalue weighted by Gasteiger charge is -2.11. The fourth-order valence-electron chi connectivity index (χ4n) is 1.44. The highest BCUT2D eigenvalue weighted by molar-refractivity contribution is 8.02. The van der Waals surface area contributed by atoms with E-state index in [1.165, 1.54) is 23.1 Å². The maximum Gasteiger partial charge on any atom is 0.311 e. The number of thiazole rings is 1. The molecule has 0 aliphatic heterocycles. The number of hydrogen-bond donors (Lipinski definition) is 1. The summed E-state index contributed by atoms with van der Waals surface area (Å²) in [5.74, 6) is 0.167. The lowest BCUT2D eigenvalue weighted by atomic mass is 10.2. The topological polar surface area (TPSA) is 68.3 Å². The molecule has 0 aliphatic rings. The maximum atomic E-state index is 11.9. The number of hydrogen-bond acceptors (Lipinski definition) is 6. The largest absolute Gasteiger partial charge is 0.466 e. The molecule has 1 aromatic heterocycles. The van der Waals surface area contributed by atoms with Crippen LogP contribution in [0.1, 0.15) is 33.4 Å². The van der Waals surface area contributed by atoms with Crippen LogP contribution >= 0.6 is 23.1 Å². The Bertz CT molecular complexity index is 475. The number of thioether (sulfide) groups is 1. The molecule has 0 aromatic carbocycles. The maximum absolute atomic E-state index is 11.9. The Morgan fingerprint density at radius 3 is 2.76 bits per heavy atom. The number of ether oxygens (including phenoxy) is 1. The van der Waals surface area contributed by atoms with Crippen molar-refractivity contribution in [3.8, 4) is 0 Å². The van der Waals surface area contributed by atoms with E-state index in [0.717, 1.165) is 4.34 Å². The lowest BCUT2D eigenvalue weighted by molar-refractivity contribution is -0.142. The van der Waals surface area contributed by atoms with Crippen molar-refractivity contribution in [2.45, 2.75) is 43.7 Å². The minimum absolute atomic E-state index is 0.0100. The summed E-state index contributed by atoms with van der Waals surface area (Å²) in [5.41, 5.74) is 0.690. The third-order valence-electron chi connectivity index (χ3n) is 2.49. The molecule has 0 bridgehead atoms. The minimum Gasteiger partial charge on any atom is -0.466 e. The predicted molar refractivity (Wildman–Crippen MR) is 85.6 cm³/mol. The summed E-state index contributed by atoms with van der Waals surface area (Å²) in [6.45, 7) is 8.79. The number of aromatic nitrogens is 1. The highest BCUT2D eigenvalue weighted by Crippen LogP contribution is 2.27. The monoisotopic (exact) mass is 330 g/mol. The summed E-state index contributed by atoms with van der Waals surface area (Å²) >= 11 is 2.85. The number of esters is 1. The second-order valence-corrected chi connectivity index (χ2v) is 7.43. The molecule has 1 atom stereocenters. The molecule has 1 N–H and O–H groups in total. The first-order valence-electron chi connectivity index (χ1n) is 6.96. The Balaban J connectivity index is 2.46. The van der Waals surface area contributed by atoms with Crippen molar-refractivity contribution >= 4 is 35.0 Å². The van der Waals surface area contributed by atoms with Gasteiger partial charge in [-0.05, 0) is 19.8 Å². The quantitative estimate of drug-likeness (QED) is 0.586. The normalized spacial score (nSPS) is 12.2. The van der Waals surface area contributed by atoms with E-state index in [9.17, 15) is 9.59 Å². The average Bonchev–Trinajstić information content (AvgIpc) is 2.83. The van der Waals surface area contributed by atoms with Crippen LogP contribution in [0.2, 0.25) is 0 Å². The highest BCUT2D eigenvalue weighted by Gasteiger charge is 2.17. The zero-order chi connectivity index (χ0) is 15.8. The fraction of sp³-hybridized carbons (Fsp3) is 0.643. The molecular weight excluding hydrogens is 308 g/mol. The van der Waals surface area contributed by atoms with Gasteiger partial charge in [-0.3, -0.25) is 9.59 Å². The van der Waals surface area contributed by atoms with E-state index in [2.05, 4.69) is 24.1 Å². The Labute approximate surface area is 133 Å². The van der Waals surface area contributed by atoms with Crippen LogP contribution in [0.15, 0.2) is 9.72 Å². The van der Waals surface area contributed by atoms with E-state index in [0.29, 0.717) is 24.8 Å². The molecule has 21 heavy (non-hydrogen) atoms. The van der Waals surface area contributed by atoms with Crippen molar-refractivity contribution in [1.82, 2.24) is 10.3 Å². The van der Waals surface area contributed by atoms with Crippen LogP contribution in [-0.4, -0.2) is 35.3 Å². The molecule has 118 valence electrons. The summed E-state index contributed by atoms with van der Waals surface area (Å²) in [7, 11) is 0. The minimum atomic E-state index is -0.276. The zero-order valence-corrected chi connectivity index (χ0v) is 14.5. The number of rotatable bonds is 8. The molecule has 0 saturated heterocycles. The van der Waals surface area contributed by atoms with E-state index in [1.807, 2.05) is 12.3 Å². The fourth-order valence-corrected chi connectivity index (χ4v) is 3.44. The molecule has 0 aliphatic carbocycles. The van der Waals surface area contributed by atoms with Crippen molar-refractivity contribution in [1.29, 1.82) is 0 Å². The van der Waals surface area contributed by atoms with Gasteiger partial charge < -0.3 is 10.1 Å². The summed E-state index contributed by atoms with van der Waals surface area (Å²) in [4.78, 5) is 27.6. The van der Waals surface area contributed by atoms with Gasteiger partial charge in [0.2, 0.25) is 5.91 Å². The molecular formula is C14H22N2O3S2. The van der Waals surface area contributed by atoms with Crippen LogP contribution in [0.25, 0.3) is 0 Å². The summed E-state index contributed by atoms with van der Waals surface area (Å²) < 4.78 is 5.68. The molecule has 1 rings (SSSR count). The molecule has 1 heterocycles. The average molecular weight is 330 g/mol. The molecule has 0 fully saturated rings. The van der Waals surface area contributed by atoms with E-state index in [4.69, 9.17) is 4.74 Å². The number of carbonyl (C=O) groups excluding carboxylic acids is 2. The van der Waals surface area contributed by atoms with Crippen LogP contribution in [-0.2, 0) is 20.7 Å². The summed E-state index contributed by atoms with van der Waals surface area (Å²) in [5, 5.41) is 4.53. The number of carbonyl (C=O) groups is 2. The number of nitrogens with zero attached hydrogens (tertiary/aromatic N) is 1. The summed E-state index contributed by atoms with van der Waals surface area (Å²) in [6.07, 6.45) is 0.179. The van der Waals surface area contributed by atoms with Gasteiger partial charge in [0.05, 0.1) is 24.0 Å². The van der Waals surface area contributed by atoms with Crippen molar-refractivity contribution in [2.75, 3.05) is 13.2 Å². The Hall–Kier alpha value is -1.08. The summed E-state index contributed by atoms with van der Waals surface area (Å²) in [6, 6.07) is 0. The van der Waals surface area contributed by atoms with Crippen LogP contribution in [0.3, 0.4) is 0 Å². The van der Waals surface area contributed by atoms with E-state index in [-0.39, 0.29) is 23.5 Å². The molecule has 0 radical (unpaired) electrons. The van der Waals surface area contributed by atoms with Crippen LogP contribution < -0.4 is 5.32 Å². The third kappa shape index (κ3) is 6.95. The number of nitrogens with one attached hydrogen (secondary N) is 1. The molecule has 7 heteroatoms. The van der Waals surface area contributed by atoms with E-state index < -0.39 is 0 Å². The Morgan fingerprint density at radius 2 is 2.14 bits per heavy atom. The van der Waals surface area contributed by atoms with Gasteiger partial charge in [-0.15, -0.1) is 11.3 Å². The van der Waals surface area contributed by atoms with Crippen LogP contribution in [0, 0.1) is 5.92 Å². The molecule has 0 saturated carbocycles. The van der Waals surface area contributed by atoms with E-state index >= 15 is 0 Å². The molecule has 1 amide bonds. The number of amides is 1. The van der Waals surface area contributed by atoms with Gasteiger partial charge in [0, 0.05) is 11.9 Å². The van der Waals surface area contributed by atoms with Gasteiger partial charge in [-0.1, -0.05) is 25.6 Å². The highest BCUT2D eigenvalue weighted by atomic mass is 32.2. The second-order valence-electron chi connectivity index (χ2n) is 4.99. The second kappa shape index (κ2) is 9.04. The Kier molecular flexibility index (Phi) is 7.74. The van der Waals surface area contributed by atoms with Crippen molar-refractivity contribution in [3.05, 3.63) is 11.1 Å². The zero-order valence-electron chi connectivity index (χ0n) is 12.8. The van der Waals surface area contributed by atoms with Crippen LogP contribution in [0.5, 0.6) is 0 Å². The molecule has 5 nitrogen and oxygen atoms in total. The van der Waals surface area contributed by atoms with Gasteiger partial charge >= 0.3 is 5.97 Å². The molecule has 1 unspecified atom stereocenters. The molecule has 1 aromatic rings. The van der Waals surface area contributed by atoms with Gasteiger partial charge in [-0.25, -0.2) is 4.98 Å². The first kappa shape index (κ1) is 18.0. The van der Waals surface area contributed by atoms with Gasteiger partial charge in [0.25, 0.3) is 0 Å². The third-order valence-corrected chi connectivity index (χ3v) is 4.61. The predicted octanol–water partition coefficient (Wildman–Crippen LogP) is 2.50. The molecule has 0 spiro atoms. The van der Waals surface area contributed by atoms with E-state index in [1.54, 1.807) is 6.92 Å². The first-order valence-corrected chi connectivity index (χ1v) is 8.72. The smallest absolute Gasteiger partial charge is 0.311 e. The van der Waals surface area contributed by atoms with Gasteiger partial charge in [-0.2, -0.15) is 0 Å². The van der Waals surface area contributed by atoms with Crippen LogP contribution in [0.4, 0.5) is 0 Å². The standard InChI is InChI=1S/C14H22N2O3S2/c1-5-19-12(17)6-11-8-20-14(16-11)21-10(4)13(18)15-7-9(2)3/h8-10H,5-7H2,1-4H3,(H,15,18). The van der Waals surface area contributed by atoms with Crippen molar-refractivity contribution < 1.29 is 14.3 Å². The Morgan fingerprint density at radius 1 is 1.43 bits per heavy atom. The SMILES string of the molecule is CCOC(=O)Cc1csc(SC(C)C(=O)NCC(C)C)n1. The van der Waals surface area contributed by atoms with Crippen molar-refractivity contribution in [3.63, 3.8) is 0 Å². The van der Waals surface area contributed by atoms with Crippen molar-refractivity contribution in [2.24, 2.45) is 5.92 Å². The van der Waals surface area contributed by atoms with Gasteiger partial charge in [0.1, 0.15) is 0 Å². The lowest BCUT2D eigenvalue weighted by Crippen LogP contribution is -2.33. The van der Waals surface area contributed by atoms with Gasteiger partial charge in [0.15, 0.2) is 4.34 Å².